The molecule has 1 aromatic heterocycles. The standard InChI is InChI=1S/C16H16N2O4/c19-15(20)11-4-2-8-18(9-11)14-13-10(6-7-17-14)3-1-5-12(13)16(21)22/h1,3,5-7,11H,2,4,8-9H2,(H,19,20)(H,21,22). The third-order valence-corrected chi connectivity index (χ3v) is 4.07. The number of hydrogen-bond donors (Lipinski definition) is 2. The van der Waals surface area contributed by atoms with Crippen molar-refractivity contribution in [1.29, 1.82) is 0 Å². The third kappa shape index (κ3) is 2.47. The summed E-state index contributed by atoms with van der Waals surface area (Å²) < 4.78 is 0. The Balaban J connectivity index is 2.10. The number of benzene rings is 1. The van der Waals surface area contributed by atoms with Gasteiger partial charge in [-0.15, -0.1) is 0 Å². The summed E-state index contributed by atoms with van der Waals surface area (Å²) in [4.78, 5) is 28.9. The molecule has 1 unspecified atom stereocenters. The molecule has 1 aliphatic heterocycles. The highest BCUT2D eigenvalue weighted by Crippen LogP contribution is 2.31. The molecule has 1 fully saturated rings. The van der Waals surface area contributed by atoms with Crippen LogP contribution >= 0.6 is 0 Å². The maximum Gasteiger partial charge on any atom is 0.336 e. The van der Waals surface area contributed by atoms with Crippen LogP contribution in [0, 0.1) is 5.92 Å². The molecule has 2 heterocycles. The Morgan fingerprint density at radius 1 is 1.23 bits per heavy atom. The van der Waals surface area contributed by atoms with Crippen molar-refractivity contribution < 1.29 is 19.8 Å². The van der Waals surface area contributed by atoms with E-state index in [0.29, 0.717) is 30.7 Å². The normalized spacial score (nSPS) is 18.4. The molecule has 3 rings (SSSR count). The summed E-state index contributed by atoms with van der Waals surface area (Å²) in [7, 11) is 0. The first-order chi connectivity index (χ1) is 10.6. The van der Waals surface area contributed by atoms with Gasteiger partial charge >= 0.3 is 11.9 Å². The number of anilines is 1. The molecule has 2 N–H and O–H groups in total. The number of carboxylic acids is 2. The lowest BCUT2D eigenvalue weighted by atomic mass is 9.97. The van der Waals surface area contributed by atoms with Crippen molar-refractivity contribution in [2.75, 3.05) is 18.0 Å². The van der Waals surface area contributed by atoms with Crippen LogP contribution in [0.25, 0.3) is 10.8 Å². The smallest absolute Gasteiger partial charge is 0.336 e. The first kappa shape index (κ1) is 14.3. The van der Waals surface area contributed by atoms with E-state index < -0.39 is 17.9 Å². The predicted molar refractivity (Wildman–Crippen MR) is 81.3 cm³/mol. The molecule has 6 nitrogen and oxygen atoms in total. The van der Waals surface area contributed by atoms with Crippen molar-refractivity contribution in [1.82, 2.24) is 4.98 Å². The molecular formula is C16H16N2O4. The average molecular weight is 300 g/mol. The lowest BCUT2D eigenvalue weighted by Gasteiger charge is -2.32. The summed E-state index contributed by atoms with van der Waals surface area (Å²) >= 11 is 0. The second kappa shape index (κ2) is 5.63. The molecule has 6 heteroatoms. The van der Waals surface area contributed by atoms with E-state index >= 15 is 0 Å². The maximum absolute atomic E-state index is 11.5. The fourth-order valence-electron chi connectivity index (χ4n) is 3.00. The van der Waals surface area contributed by atoms with Crippen LogP contribution in [0.2, 0.25) is 0 Å². The van der Waals surface area contributed by atoms with Gasteiger partial charge in [-0.2, -0.15) is 0 Å². The second-order valence-corrected chi connectivity index (χ2v) is 5.47. The van der Waals surface area contributed by atoms with Gasteiger partial charge in [-0.3, -0.25) is 4.79 Å². The molecule has 0 aliphatic carbocycles. The zero-order chi connectivity index (χ0) is 15.7. The third-order valence-electron chi connectivity index (χ3n) is 4.07. The number of aromatic carboxylic acids is 1. The summed E-state index contributed by atoms with van der Waals surface area (Å²) in [5.41, 5.74) is 0.193. The number of nitrogens with zero attached hydrogens (tertiary/aromatic N) is 2. The van der Waals surface area contributed by atoms with Gasteiger partial charge in [-0.05, 0) is 30.4 Å². The Morgan fingerprint density at radius 2 is 2.05 bits per heavy atom. The molecule has 2 aromatic rings. The molecule has 114 valence electrons. The van der Waals surface area contributed by atoms with Gasteiger partial charge in [-0.1, -0.05) is 12.1 Å². The van der Waals surface area contributed by atoms with Gasteiger partial charge in [0.2, 0.25) is 0 Å². The van der Waals surface area contributed by atoms with Crippen molar-refractivity contribution in [3.8, 4) is 0 Å². The van der Waals surface area contributed by atoms with Crippen LogP contribution < -0.4 is 4.90 Å². The lowest BCUT2D eigenvalue weighted by molar-refractivity contribution is -0.141. The Hall–Kier alpha value is -2.63. The van der Waals surface area contributed by atoms with Crippen LogP contribution in [0.15, 0.2) is 30.5 Å². The van der Waals surface area contributed by atoms with Gasteiger partial charge in [0, 0.05) is 24.7 Å². The van der Waals surface area contributed by atoms with Gasteiger partial charge in [0.15, 0.2) is 0 Å². The molecule has 0 spiro atoms. The van der Waals surface area contributed by atoms with Crippen molar-refractivity contribution in [3.05, 3.63) is 36.0 Å². The fourth-order valence-corrected chi connectivity index (χ4v) is 3.00. The molecule has 0 radical (unpaired) electrons. The molecule has 1 atom stereocenters. The SMILES string of the molecule is O=C(O)c1cccc2ccnc(N3CCCC(C(=O)O)C3)c12. The summed E-state index contributed by atoms with van der Waals surface area (Å²) in [6.07, 6.45) is 3.03. The second-order valence-electron chi connectivity index (χ2n) is 5.47. The van der Waals surface area contributed by atoms with Crippen LogP contribution in [0.4, 0.5) is 5.82 Å². The number of rotatable bonds is 3. The molecule has 0 bridgehead atoms. The molecule has 1 aliphatic rings. The van der Waals surface area contributed by atoms with Crippen LogP contribution in [0.5, 0.6) is 0 Å². The van der Waals surface area contributed by atoms with E-state index in [0.717, 1.165) is 11.8 Å². The quantitative estimate of drug-likeness (QED) is 0.903. The Bertz CT molecular complexity index is 739. The number of aromatic nitrogens is 1. The highest BCUT2D eigenvalue weighted by Gasteiger charge is 2.27. The summed E-state index contributed by atoms with van der Waals surface area (Å²) in [6.45, 7) is 1.04. The number of hydrogen-bond acceptors (Lipinski definition) is 4. The van der Waals surface area contributed by atoms with Crippen molar-refractivity contribution in [2.24, 2.45) is 5.92 Å². The Kier molecular flexibility index (Phi) is 3.66. The van der Waals surface area contributed by atoms with E-state index in [4.69, 9.17) is 0 Å². The minimum Gasteiger partial charge on any atom is -0.481 e. The zero-order valence-corrected chi connectivity index (χ0v) is 11.9. The topological polar surface area (TPSA) is 90.7 Å². The fraction of sp³-hybridized carbons (Fsp3) is 0.312. The van der Waals surface area contributed by atoms with E-state index in [1.807, 2.05) is 11.0 Å². The van der Waals surface area contributed by atoms with Crippen LogP contribution in [0.3, 0.4) is 0 Å². The first-order valence-corrected chi connectivity index (χ1v) is 7.16. The highest BCUT2D eigenvalue weighted by atomic mass is 16.4. The number of piperidine rings is 1. The van der Waals surface area contributed by atoms with E-state index in [9.17, 15) is 19.8 Å². The molecule has 1 aromatic carbocycles. The molecule has 22 heavy (non-hydrogen) atoms. The van der Waals surface area contributed by atoms with Crippen LogP contribution in [-0.4, -0.2) is 40.2 Å². The van der Waals surface area contributed by atoms with Crippen molar-refractivity contribution in [2.45, 2.75) is 12.8 Å². The van der Waals surface area contributed by atoms with E-state index in [1.165, 1.54) is 0 Å². The van der Waals surface area contributed by atoms with Crippen molar-refractivity contribution >= 4 is 28.5 Å². The average Bonchev–Trinajstić information content (AvgIpc) is 2.53. The molecule has 1 saturated heterocycles. The van der Waals surface area contributed by atoms with Gasteiger partial charge in [0.1, 0.15) is 5.82 Å². The lowest BCUT2D eigenvalue weighted by Crippen LogP contribution is -2.39. The minimum atomic E-state index is -1.01. The Labute approximate surface area is 127 Å². The zero-order valence-electron chi connectivity index (χ0n) is 11.9. The number of carbonyl (C=O) groups is 2. The largest absolute Gasteiger partial charge is 0.481 e. The van der Waals surface area contributed by atoms with Gasteiger partial charge in [-0.25, -0.2) is 9.78 Å². The number of aliphatic carboxylic acids is 1. The predicted octanol–water partition coefficient (Wildman–Crippen LogP) is 2.23. The number of fused-ring (bicyclic) bond motifs is 1. The maximum atomic E-state index is 11.5. The monoisotopic (exact) mass is 300 g/mol. The summed E-state index contributed by atoms with van der Waals surface area (Å²) in [5, 5.41) is 20.0. The summed E-state index contributed by atoms with van der Waals surface area (Å²) in [5.74, 6) is -1.71. The van der Waals surface area contributed by atoms with E-state index in [1.54, 1.807) is 24.4 Å². The summed E-state index contributed by atoms with van der Waals surface area (Å²) in [6, 6.07) is 6.86. The molecular weight excluding hydrogens is 284 g/mol. The Morgan fingerprint density at radius 3 is 2.77 bits per heavy atom. The van der Waals surface area contributed by atoms with Gasteiger partial charge in [0.05, 0.1) is 11.5 Å². The van der Waals surface area contributed by atoms with Crippen LogP contribution in [-0.2, 0) is 4.79 Å². The minimum absolute atomic E-state index is 0.193. The van der Waals surface area contributed by atoms with Gasteiger partial charge < -0.3 is 15.1 Å². The number of carboxylic acid groups (broad SMARTS) is 2. The van der Waals surface area contributed by atoms with Gasteiger partial charge in [0.25, 0.3) is 0 Å². The van der Waals surface area contributed by atoms with Crippen LogP contribution in [0.1, 0.15) is 23.2 Å². The van der Waals surface area contributed by atoms with Crippen molar-refractivity contribution in [3.63, 3.8) is 0 Å². The van der Waals surface area contributed by atoms with E-state index in [2.05, 4.69) is 4.98 Å². The van der Waals surface area contributed by atoms with E-state index in [-0.39, 0.29) is 5.56 Å². The number of pyridine rings is 1. The highest BCUT2D eigenvalue weighted by molar-refractivity contribution is 6.08. The first-order valence-electron chi connectivity index (χ1n) is 7.16. The molecule has 0 amide bonds. The molecule has 0 saturated carbocycles.